The van der Waals surface area contributed by atoms with Gasteiger partial charge in [0.05, 0.1) is 19.1 Å². The zero-order chi connectivity index (χ0) is 27.5. The minimum atomic E-state index is -0.928. The van der Waals surface area contributed by atoms with Gasteiger partial charge in [0.2, 0.25) is 0 Å². The molecule has 3 aromatic rings. The summed E-state index contributed by atoms with van der Waals surface area (Å²) in [6, 6.07) is 3.24. The molecule has 1 aliphatic heterocycles. The van der Waals surface area contributed by atoms with Crippen molar-refractivity contribution in [3.05, 3.63) is 86.2 Å². The average molecular weight is 570 g/mol. The van der Waals surface area contributed by atoms with E-state index in [2.05, 4.69) is 20.3 Å². The van der Waals surface area contributed by atoms with Crippen LogP contribution >= 0.6 is 22.9 Å². The van der Waals surface area contributed by atoms with Crippen LogP contribution < -0.4 is 5.32 Å². The number of ether oxygens (including phenoxy) is 1. The zero-order valence-electron chi connectivity index (χ0n) is 20.9. The predicted octanol–water partition coefficient (Wildman–Crippen LogP) is 4.84. The van der Waals surface area contributed by atoms with Gasteiger partial charge < -0.3 is 15.2 Å². The fourth-order valence-corrected chi connectivity index (χ4v) is 5.96. The van der Waals surface area contributed by atoms with Crippen molar-refractivity contribution in [2.45, 2.75) is 44.1 Å². The first-order valence-corrected chi connectivity index (χ1v) is 13.6. The van der Waals surface area contributed by atoms with Crippen LogP contribution in [0.3, 0.4) is 0 Å². The first-order chi connectivity index (χ1) is 18.8. The molecule has 39 heavy (non-hydrogen) atoms. The monoisotopic (exact) mass is 569 g/mol. The number of thiazole rings is 1. The molecule has 1 saturated carbocycles. The molecule has 1 aromatic carbocycles. The molecular weight excluding hydrogens is 545 g/mol. The van der Waals surface area contributed by atoms with Gasteiger partial charge >= 0.3 is 11.9 Å². The molecule has 0 bridgehead atoms. The zero-order valence-corrected chi connectivity index (χ0v) is 22.5. The summed E-state index contributed by atoms with van der Waals surface area (Å²) in [6.07, 6.45) is 7.71. The molecule has 9 nitrogen and oxygen atoms in total. The van der Waals surface area contributed by atoms with Crippen molar-refractivity contribution in [3.8, 4) is 0 Å². The minimum absolute atomic E-state index is 0.0196. The van der Waals surface area contributed by atoms with Gasteiger partial charge in [-0.2, -0.15) is 0 Å². The van der Waals surface area contributed by atoms with Crippen molar-refractivity contribution in [3.63, 3.8) is 0 Å². The Morgan fingerprint density at radius 1 is 1.15 bits per heavy atom. The Hall–Kier alpha value is -3.70. The van der Waals surface area contributed by atoms with Crippen molar-refractivity contribution < 1.29 is 23.8 Å². The first-order valence-electron chi connectivity index (χ1n) is 12.4. The van der Waals surface area contributed by atoms with Crippen LogP contribution in [0.2, 0.25) is 5.02 Å². The van der Waals surface area contributed by atoms with Gasteiger partial charge in [0.15, 0.2) is 10.8 Å². The highest BCUT2D eigenvalue weighted by Gasteiger charge is 2.38. The smallest absolute Gasteiger partial charge is 0.338 e. The van der Waals surface area contributed by atoms with Crippen molar-refractivity contribution in [1.29, 1.82) is 0 Å². The third kappa shape index (κ3) is 5.84. The van der Waals surface area contributed by atoms with Crippen molar-refractivity contribution in [1.82, 2.24) is 20.3 Å². The normalized spacial score (nSPS) is 21.2. The third-order valence-corrected chi connectivity index (χ3v) is 8.06. The number of carboxylic acids is 1. The van der Waals surface area contributed by atoms with Crippen LogP contribution in [0.25, 0.3) is 0 Å². The number of allylic oxidation sites excluding steroid dienone is 1. The maximum Gasteiger partial charge on any atom is 0.338 e. The third-order valence-electron chi connectivity index (χ3n) is 6.95. The largest absolute Gasteiger partial charge is 0.481 e. The number of benzene rings is 1. The molecule has 2 N–H and O–H groups in total. The number of aromatic nitrogens is 3. The van der Waals surface area contributed by atoms with Crippen LogP contribution in [0.1, 0.15) is 59.6 Å². The van der Waals surface area contributed by atoms with Gasteiger partial charge in [-0.15, -0.1) is 11.3 Å². The first kappa shape index (κ1) is 26.9. The van der Waals surface area contributed by atoms with E-state index in [0.717, 1.165) is 25.7 Å². The quantitative estimate of drug-likeness (QED) is 0.387. The Balaban J connectivity index is 1.46. The van der Waals surface area contributed by atoms with E-state index < -0.39 is 23.8 Å². The number of methoxy groups -OCH3 is 1. The minimum Gasteiger partial charge on any atom is -0.481 e. The fraction of sp³-hybridized carbons (Fsp3) is 0.333. The van der Waals surface area contributed by atoms with Gasteiger partial charge in [0.1, 0.15) is 17.7 Å². The topological polar surface area (TPSA) is 127 Å². The number of rotatable bonds is 7. The number of amidine groups is 1. The number of aliphatic carboxylic acids is 1. The number of halogens is 2. The summed E-state index contributed by atoms with van der Waals surface area (Å²) in [5.74, 6) is -0.664. The second kappa shape index (κ2) is 11.6. The molecular formula is C27H25ClFN5O4S. The lowest BCUT2D eigenvalue weighted by Crippen LogP contribution is -2.37. The molecule has 0 amide bonds. The summed E-state index contributed by atoms with van der Waals surface area (Å²) >= 11 is 7.85. The van der Waals surface area contributed by atoms with Crippen molar-refractivity contribution in [2.75, 3.05) is 7.11 Å². The SMILES string of the molecule is COC(=O)C1=C([C@H]2CC[C@H](c3ncc(CC(=O)O)cn3)CC2)NC(c2nccs2)=NC1c1ccc(F)cc1Cl. The number of aliphatic imine (C=N–C) groups is 1. The molecule has 0 radical (unpaired) electrons. The average Bonchev–Trinajstić information content (AvgIpc) is 3.48. The van der Waals surface area contributed by atoms with Crippen LogP contribution in [0.5, 0.6) is 0 Å². The second-order valence-electron chi connectivity index (χ2n) is 9.40. The number of hydrogen-bond donors (Lipinski definition) is 2. The number of esters is 1. The molecule has 0 spiro atoms. The van der Waals surface area contributed by atoms with E-state index in [1.54, 1.807) is 24.7 Å². The second-order valence-corrected chi connectivity index (χ2v) is 10.7. The highest BCUT2D eigenvalue weighted by Crippen LogP contribution is 2.43. The summed E-state index contributed by atoms with van der Waals surface area (Å²) < 4.78 is 19.1. The number of carboxylic acid groups (broad SMARTS) is 1. The van der Waals surface area contributed by atoms with E-state index >= 15 is 0 Å². The summed E-state index contributed by atoms with van der Waals surface area (Å²) in [5, 5.41) is 15.0. The molecule has 202 valence electrons. The highest BCUT2D eigenvalue weighted by atomic mass is 35.5. The number of hydrogen-bond acceptors (Lipinski definition) is 9. The van der Waals surface area contributed by atoms with Crippen LogP contribution in [-0.4, -0.2) is 44.9 Å². The van der Waals surface area contributed by atoms with Gasteiger partial charge in [-0.3, -0.25) is 9.79 Å². The Kier molecular flexibility index (Phi) is 7.99. The molecule has 1 atom stereocenters. The Bertz CT molecular complexity index is 1440. The molecule has 1 aliphatic carbocycles. The van der Waals surface area contributed by atoms with E-state index in [-0.39, 0.29) is 23.3 Å². The van der Waals surface area contributed by atoms with Crippen molar-refractivity contribution >= 4 is 40.7 Å². The lowest BCUT2D eigenvalue weighted by atomic mass is 9.77. The fourth-order valence-electron chi connectivity index (χ4n) is 5.10. The number of carbonyl (C=O) groups is 2. The Morgan fingerprint density at radius 3 is 2.49 bits per heavy atom. The van der Waals surface area contributed by atoms with Gasteiger partial charge in [-0.05, 0) is 49.3 Å². The maximum atomic E-state index is 13.9. The van der Waals surface area contributed by atoms with Crippen LogP contribution in [-0.2, 0) is 20.7 Å². The van der Waals surface area contributed by atoms with Gasteiger partial charge in [-0.1, -0.05) is 17.7 Å². The van der Waals surface area contributed by atoms with Crippen LogP contribution in [0.15, 0.2) is 58.4 Å². The maximum absolute atomic E-state index is 13.9. The van der Waals surface area contributed by atoms with Gasteiger partial charge in [-0.25, -0.2) is 24.1 Å². The summed E-state index contributed by atoms with van der Waals surface area (Å²) in [6.45, 7) is 0. The summed E-state index contributed by atoms with van der Waals surface area (Å²) in [4.78, 5) is 42.2. The van der Waals surface area contributed by atoms with E-state index in [0.29, 0.717) is 39.1 Å². The Morgan fingerprint density at radius 2 is 1.87 bits per heavy atom. The molecule has 2 aromatic heterocycles. The predicted molar refractivity (Wildman–Crippen MR) is 143 cm³/mol. The standard InChI is InChI=1S/C27H25ClFN5O4S/c1-38-27(37)21-22(15-2-4-16(5-3-15)24-31-12-14(13-32-24)10-20(35)36)33-25(26-30-8-9-39-26)34-23(21)18-7-6-17(29)11-19(18)28/h6-9,11-13,15-16,23H,2-5,10H2,1H3,(H,33,34)(H,35,36)/t15-,16-,23?. The number of nitrogens with zero attached hydrogens (tertiary/aromatic N) is 4. The lowest BCUT2D eigenvalue weighted by molar-refractivity contribution is -0.137. The Labute approximate surface area is 232 Å². The number of carbonyl (C=O) groups excluding carboxylic acids is 1. The summed E-state index contributed by atoms with van der Waals surface area (Å²) in [7, 11) is 1.32. The molecule has 5 rings (SSSR count). The lowest BCUT2D eigenvalue weighted by Gasteiger charge is -2.34. The van der Waals surface area contributed by atoms with E-state index in [4.69, 9.17) is 26.4 Å². The van der Waals surface area contributed by atoms with E-state index in [9.17, 15) is 14.0 Å². The van der Waals surface area contributed by atoms with Gasteiger partial charge in [0.25, 0.3) is 0 Å². The molecule has 1 unspecified atom stereocenters. The molecule has 2 aliphatic rings. The van der Waals surface area contributed by atoms with E-state index in [1.165, 1.54) is 30.6 Å². The van der Waals surface area contributed by atoms with E-state index in [1.807, 2.05) is 5.38 Å². The summed E-state index contributed by atoms with van der Waals surface area (Å²) in [5.41, 5.74) is 2.08. The van der Waals surface area contributed by atoms with Crippen molar-refractivity contribution in [2.24, 2.45) is 10.9 Å². The van der Waals surface area contributed by atoms with Crippen LogP contribution in [0.4, 0.5) is 4.39 Å². The molecule has 12 heteroatoms. The molecule has 3 heterocycles. The van der Waals surface area contributed by atoms with Crippen LogP contribution in [0, 0.1) is 11.7 Å². The molecule has 1 fully saturated rings. The molecule has 0 saturated heterocycles. The van der Waals surface area contributed by atoms with Gasteiger partial charge in [0, 0.05) is 46.2 Å². The highest BCUT2D eigenvalue weighted by molar-refractivity contribution is 7.11. The number of nitrogens with one attached hydrogen (secondary N) is 1.